The van der Waals surface area contributed by atoms with Gasteiger partial charge in [-0.05, 0) is 39.0 Å². The van der Waals surface area contributed by atoms with Crippen molar-refractivity contribution in [1.82, 2.24) is 0 Å². The van der Waals surface area contributed by atoms with Crippen LogP contribution in [0.4, 0.5) is 5.69 Å². The van der Waals surface area contributed by atoms with Gasteiger partial charge in [0.05, 0.1) is 17.7 Å². The Hall–Kier alpha value is -2.33. The van der Waals surface area contributed by atoms with Crippen molar-refractivity contribution in [2.24, 2.45) is 10.4 Å². The van der Waals surface area contributed by atoms with Gasteiger partial charge in [0.25, 0.3) is 0 Å². The van der Waals surface area contributed by atoms with E-state index in [0.29, 0.717) is 11.6 Å². The number of aliphatic imine (C=N–C) groups is 1. The van der Waals surface area contributed by atoms with Crippen LogP contribution in [0.5, 0.6) is 0 Å². The van der Waals surface area contributed by atoms with Gasteiger partial charge >= 0.3 is 5.97 Å². The predicted octanol–water partition coefficient (Wildman–Crippen LogP) is 4.52. The molecule has 2 aromatic carbocycles. The second-order valence-electron chi connectivity index (χ2n) is 7.02. The first-order valence-corrected chi connectivity index (χ1v) is 8.60. The van der Waals surface area contributed by atoms with Gasteiger partial charge in [0, 0.05) is 21.8 Å². The van der Waals surface area contributed by atoms with E-state index in [1.807, 2.05) is 69.3 Å². The molecule has 0 fully saturated rings. The Morgan fingerprint density at radius 3 is 2.60 bits per heavy atom. The molecule has 0 aliphatic carbocycles. The molecular formula is C20H21ClN2O2. The van der Waals surface area contributed by atoms with Gasteiger partial charge < -0.3 is 10.1 Å². The number of nitrogens with zero attached hydrogens (tertiary/aromatic N) is 1. The molecule has 0 amide bonds. The lowest BCUT2D eigenvalue weighted by Crippen LogP contribution is -2.31. The Kier molecular flexibility index (Phi) is 4.82. The summed E-state index contributed by atoms with van der Waals surface area (Å²) in [6.07, 6.45) is -0.604. The molecule has 3 rings (SSSR count). The number of halogens is 1. The maximum absolute atomic E-state index is 12.3. The van der Waals surface area contributed by atoms with Gasteiger partial charge in [-0.25, -0.2) is 4.99 Å². The Labute approximate surface area is 152 Å². The third-order valence-electron chi connectivity index (χ3n) is 3.88. The fraction of sp³-hybridized carbons (Fsp3) is 0.300. The summed E-state index contributed by atoms with van der Waals surface area (Å²) in [7, 11) is 0. The van der Waals surface area contributed by atoms with Crippen molar-refractivity contribution >= 4 is 29.0 Å². The van der Waals surface area contributed by atoms with E-state index in [4.69, 9.17) is 21.3 Å². The average molecular weight is 357 g/mol. The van der Waals surface area contributed by atoms with E-state index in [9.17, 15) is 4.79 Å². The summed E-state index contributed by atoms with van der Waals surface area (Å²) in [5.74, 6) is -0.278. The lowest BCUT2D eigenvalue weighted by atomic mass is 9.97. The van der Waals surface area contributed by atoms with Crippen LogP contribution in [0.1, 0.15) is 31.9 Å². The van der Waals surface area contributed by atoms with Gasteiger partial charge in [-0.15, -0.1) is 0 Å². The van der Waals surface area contributed by atoms with Crippen LogP contribution in [0.25, 0.3) is 0 Å². The minimum absolute atomic E-state index is 0.278. The van der Waals surface area contributed by atoms with Gasteiger partial charge in [0.1, 0.15) is 0 Å². The second-order valence-corrected chi connectivity index (χ2v) is 7.46. The summed E-state index contributed by atoms with van der Waals surface area (Å²) in [6, 6.07) is 15.5. The van der Waals surface area contributed by atoms with E-state index in [1.165, 1.54) is 0 Å². The van der Waals surface area contributed by atoms with E-state index in [-0.39, 0.29) is 5.97 Å². The highest BCUT2D eigenvalue weighted by molar-refractivity contribution is 6.31. The van der Waals surface area contributed by atoms with Crippen molar-refractivity contribution in [3.8, 4) is 0 Å². The van der Waals surface area contributed by atoms with Crippen LogP contribution in [0.15, 0.2) is 53.5 Å². The Balaban J connectivity index is 2.03. The van der Waals surface area contributed by atoms with Crippen molar-refractivity contribution in [1.29, 1.82) is 0 Å². The summed E-state index contributed by atoms with van der Waals surface area (Å²) in [5.41, 5.74) is 2.95. The van der Waals surface area contributed by atoms with Crippen LogP contribution in [-0.2, 0) is 9.53 Å². The summed E-state index contributed by atoms with van der Waals surface area (Å²) < 4.78 is 5.63. The molecule has 2 aromatic rings. The monoisotopic (exact) mass is 356 g/mol. The maximum Gasteiger partial charge on any atom is 0.313 e. The van der Waals surface area contributed by atoms with E-state index < -0.39 is 11.6 Å². The zero-order valence-electron chi connectivity index (χ0n) is 14.5. The molecule has 0 saturated heterocycles. The van der Waals surface area contributed by atoms with Crippen molar-refractivity contribution in [2.45, 2.75) is 27.0 Å². The standard InChI is InChI=1S/C20H21ClN2O2/c1-20(2,3)19(24)25-17-12-22-16-10-9-14(21)11-15(16)18(23-17)13-7-5-4-6-8-13/h4-11,17,22H,12H2,1-3H3. The number of nitrogens with one attached hydrogen (secondary N) is 1. The maximum atomic E-state index is 12.3. The number of hydrogen-bond acceptors (Lipinski definition) is 4. The zero-order chi connectivity index (χ0) is 18.0. The summed E-state index contributed by atoms with van der Waals surface area (Å²) in [5, 5.41) is 3.94. The number of carbonyl (C=O) groups is 1. The number of rotatable bonds is 2. The van der Waals surface area contributed by atoms with Crippen LogP contribution in [0.2, 0.25) is 5.02 Å². The quantitative estimate of drug-likeness (QED) is 0.805. The molecule has 0 bridgehead atoms. The molecule has 1 aliphatic rings. The molecule has 1 heterocycles. The third-order valence-corrected chi connectivity index (χ3v) is 4.11. The number of carbonyl (C=O) groups excluding carboxylic acids is 1. The van der Waals surface area contributed by atoms with Crippen molar-refractivity contribution in [2.75, 3.05) is 11.9 Å². The topological polar surface area (TPSA) is 50.7 Å². The molecule has 1 atom stereocenters. The first kappa shape index (κ1) is 17.5. The highest BCUT2D eigenvalue weighted by Crippen LogP contribution is 2.27. The molecular weight excluding hydrogens is 336 g/mol. The number of fused-ring (bicyclic) bond motifs is 1. The van der Waals surface area contributed by atoms with Gasteiger partial charge in [-0.3, -0.25) is 4.79 Å². The number of hydrogen-bond donors (Lipinski definition) is 1. The van der Waals surface area contributed by atoms with Crippen molar-refractivity contribution in [3.05, 3.63) is 64.7 Å². The number of benzene rings is 2. The average Bonchev–Trinajstić information content (AvgIpc) is 2.74. The fourth-order valence-corrected chi connectivity index (χ4v) is 2.69. The van der Waals surface area contributed by atoms with E-state index >= 15 is 0 Å². The first-order chi connectivity index (χ1) is 11.8. The van der Waals surface area contributed by atoms with Gasteiger partial charge in [0.2, 0.25) is 6.23 Å². The Morgan fingerprint density at radius 2 is 1.92 bits per heavy atom. The van der Waals surface area contributed by atoms with Gasteiger partial charge in [-0.2, -0.15) is 0 Å². The smallest absolute Gasteiger partial charge is 0.313 e. The highest BCUT2D eigenvalue weighted by Gasteiger charge is 2.28. The molecule has 1 N–H and O–H groups in total. The lowest BCUT2D eigenvalue weighted by Gasteiger charge is -2.20. The molecule has 25 heavy (non-hydrogen) atoms. The molecule has 130 valence electrons. The van der Waals surface area contributed by atoms with E-state index in [1.54, 1.807) is 0 Å². The van der Waals surface area contributed by atoms with Crippen LogP contribution in [0.3, 0.4) is 0 Å². The van der Waals surface area contributed by atoms with Gasteiger partial charge in [0.15, 0.2) is 0 Å². The molecule has 0 saturated carbocycles. The van der Waals surface area contributed by atoms with Crippen LogP contribution >= 0.6 is 11.6 Å². The minimum atomic E-state index is -0.604. The van der Waals surface area contributed by atoms with Crippen LogP contribution < -0.4 is 5.32 Å². The molecule has 0 radical (unpaired) electrons. The summed E-state index contributed by atoms with van der Waals surface area (Å²) >= 11 is 6.20. The number of ether oxygens (including phenoxy) is 1. The molecule has 4 nitrogen and oxygen atoms in total. The van der Waals surface area contributed by atoms with E-state index in [0.717, 1.165) is 22.5 Å². The van der Waals surface area contributed by atoms with Crippen molar-refractivity contribution in [3.63, 3.8) is 0 Å². The number of benzodiazepines with no additional fused rings is 1. The lowest BCUT2D eigenvalue weighted by molar-refractivity contribution is -0.157. The molecule has 1 unspecified atom stereocenters. The molecule has 5 heteroatoms. The fourth-order valence-electron chi connectivity index (χ4n) is 2.52. The minimum Gasteiger partial charge on any atom is -0.437 e. The number of anilines is 1. The molecule has 1 aliphatic heterocycles. The molecule has 0 spiro atoms. The SMILES string of the molecule is CC(C)(C)C(=O)OC1CNc2ccc(Cl)cc2C(c2ccccc2)=N1. The Bertz CT molecular complexity index is 810. The van der Waals surface area contributed by atoms with Crippen LogP contribution in [0, 0.1) is 5.41 Å². The second kappa shape index (κ2) is 6.89. The first-order valence-electron chi connectivity index (χ1n) is 8.23. The molecule has 0 aromatic heterocycles. The van der Waals surface area contributed by atoms with E-state index in [2.05, 4.69) is 5.32 Å². The largest absolute Gasteiger partial charge is 0.437 e. The van der Waals surface area contributed by atoms with Gasteiger partial charge in [-0.1, -0.05) is 41.9 Å². The normalized spacial score (nSPS) is 17.0. The Morgan fingerprint density at radius 1 is 1.20 bits per heavy atom. The summed E-state index contributed by atoms with van der Waals surface area (Å²) in [4.78, 5) is 17.0. The summed E-state index contributed by atoms with van der Waals surface area (Å²) in [6.45, 7) is 5.90. The third kappa shape index (κ3) is 4.02. The highest BCUT2D eigenvalue weighted by atomic mass is 35.5. The van der Waals surface area contributed by atoms with Crippen molar-refractivity contribution < 1.29 is 9.53 Å². The number of esters is 1. The zero-order valence-corrected chi connectivity index (χ0v) is 15.3. The van der Waals surface area contributed by atoms with Crippen LogP contribution in [-0.4, -0.2) is 24.5 Å². The predicted molar refractivity (Wildman–Crippen MR) is 101 cm³/mol.